The zero-order valence-corrected chi connectivity index (χ0v) is 12.0. The van der Waals surface area contributed by atoms with Crippen LogP contribution in [0.2, 0.25) is 0 Å². The van der Waals surface area contributed by atoms with Crippen molar-refractivity contribution >= 4 is 11.2 Å². The fourth-order valence-electron chi connectivity index (χ4n) is 2.74. The van der Waals surface area contributed by atoms with Crippen molar-refractivity contribution in [3.05, 3.63) is 22.5 Å². The molecule has 3 rings (SSSR count). The van der Waals surface area contributed by atoms with Gasteiger partial charge in [-0.2, -0.15) is 0 Å². The number of ether oxygens (including phenoxy) is 1. The molecule has 2 aromatic heterocycles. The molecule has 8 heteroatoms. The number of halogens is 1. The normalized spacial score (nSPS) is 32.9. The van der Waals surface area contributed by atoms with Gasteiger partial charge in [0.2, 0.25) is 0 Å². The van der Waals surface area contributed by atoms with Crippen molar-refractivity contribution in [3.8, 4) is 0 Å². The quantitative estimate of drug-likeness (QED) is 0.856. The number of aromatic amines is 1. The number of H-pyrrole nitrogens is 1. The van der Waals surface area contributed by atoms with E-state index in [2.05, 4.69) is 15.0 Å². The fourth-order valence-corrected chi connectivity index (χ4v) is 2.74. The van der Waals surface area contributed by atoms with Gasteiger partial charge in [0.25, 0.3) is 5.56 Å². The van der Waals surface area contributed by atoms with Gasteiger partial charge in [-0.3, -0.25) is 9.36 Å². The zero-order chi connectivity index (χ0) is 15.4. The minimum absolute atomic E-state index is 0.135. The number of fused-ring (bicyclic) bond motifs is 1. The molecule has 2 aromatic rings. The summed E-state index contributed by atoms with van der Waals surface area (Å²) in [5.74, 6) is 0.413. The van der Waals surface area contributed by atoms with E-state index in [9.17, 15) is 14.3 Å². The maximum absolute atomic E-state index is 14.3. The molecule has 0 spiro atoms. The molecule has 114 valence electrons. The van der Waals surface area contributed by atoms with Crippen LogP contribution in [-0.4, -0.2) is 42.5 Å². The first kappa shape index (κ1) is 14.2. The molecule has 0 aromatic carbocycles. The second-order valence-electron chi connectivity index (χ2n) is 5.54. The Morgan fingerprint density at radius 1 is 1.62 bits per heavy atom. The number of hydrogen-bond donors (Lipinski definition) is 2. The Morgan fingerprint density at radius 3 is 2.95 bits per heavy atom. The molecule has 3 heterocycles. The summed E-state index contributed by atoms with van der Waals surface area (Å²) in [4.78, 5) is 22.6. The molecule has 7 nitrogen and oxygen atoms in total. The van der Waals surface area contributed by atoms with Gasteiger partial charge in [0.05, 0.1) is 12.4 Å². The third-order valence-corrected chi connectivity index (χ3v) is 3.89. The van der Waals surface area contributed by atoms with Crippen molar-refractivity contribution in [1.82, 2.24) is 19.5 Å². The van der Waals surface area contributed by atoms with Crippen LogP contribution in [-0.2, 0) is 4.74 Å². The molecule has 0 radical (unpaired) electrons. The molecule has 1 fully saturated rings. The summed E-state index contributed by atoms with van der Waals surface area (Å²) in [5.41, 5.74) is -1.69. The van der Waals surface area contributed by atoms with Crippen LogP contribution >= 0.6 is 0 Å². The average Bonchev–Trinajstić information content (AvgIpc) is 2.91. The van der Waals surface area contributed by atoms with Crippen LogP contribution in [0.15, 0.2) is 11.1 Å². The summed E-state index contributed by atoms with van der Waals surface area (Å²) in [7, 11) is 0. The number of nitrogens with zero attached hydrogens (tertiary/aromatic N) is 3. The van der Waals surface area contributed by atoms with E-state index >= 15 is 0 Å². The third-order valence-electron chi connectivity index (χ3n) is 3.89. The number of nitrogens with one attached hydrogen (secondary N) is 1. The predicted molar refractivity (Wildman–Crippen MR) is 72.6 cm³/mol. The van der Waals surface area contributed by atoms with Crippen molar-refractivity contribution in [2.75, 3.05) is 0 Å². The minimum Gasteiger partial charge on any atom is -0.382 e. The first-order valence-electron chi connectivity index (χ1n) is 6.81. The monoisotopic (exact) mass is 296 g/mol. The largest absolute Gasteiger partial charge is 0.382 e. The van der Waals surface area contributed by atoms with Crippen LogP contribution in [0.5, 0.6) is 0 Å². The van der Waals surface area contributed by atoms with Gasteiger partial charge < -0.3 is 14.8 Å². The molecule has 1 saturated heterocycles. The van der Waals surface area contributed by atoms with Crippen LogP contribution in [0.4, 0.5) is 4.39 Å². The van der Waals surface area contributed by atoms with E-state index in [1.165, 1.54) is 17.8 Å². The van der Waals surface area contributed by atoms with Gasteiger partial charge in [0.1, 0.15) is 11.4 Å². The van der Waals surface area contributed by atoms with E-state index in [1.807, 2.05) is 0 Å². The van der Waals surface area contributed by atoms with Crippen molar-refractivity contribution in [1.29, 1.82) is 0 Å². The Balaban J connectivity index is 2.15. The molecule has 0 bridgehead atoms. The standard InChI is InChI=1S/C13H17FN4O3/c1-4-7-9(14)13(3,20)12(21-7)18-5-15-8-10(18)16-6(2)17-11(8)19/h5,7,9,12,20H,4H2,1-3H3,(H,16,17,19)/t7-,9-,12-,13-/m1/s1. The van der Waals surface area contributed by atoms with E-state index in [4.69, 9.17) is 4.74 Å². The lowest BCUT2D eigenvalue weighted by atomic mass is 9.97. The van der Waals surface area contributed by atoms with E-state index in [0.717, 1.165) is 0 Å². The van der Waals surface area contributed by atoms with Gasteiger partial charge in [0, 0.05) is 0 Å². The van der Waals surface area contributed by atoms with Gasteiger partial charge in [0.15, 0.2) is 23.6 Å². The first-order chi connectivity index (χ1) is 9.86. The number of aryl methyl sites for hydroxylation is 1. The predicted octanol–water partition coefficient (Wildman–Crippen LogP) is 0.825. The fraction of sp³-hybridized carbons (Fsp3) is 0.615. The van der Waals surface area contributed by atoms with Gasteiger partial charge in [-0.15, -0.1) is 0 Å². The Kier molecular flexibility index (Phi) is 3.10. The molecule has 0 aliphatic carbocycles. The summed E-state index contributed by atoms with van der Waals surface area (Å²) >= 11 is 0. The van der Waals surface area contributed by atoms with Crippen LogP contribution in [0.3, 0.4) is 0 Å². The van der Waals surface area contributed by atoms with Gasteiger partial charge in [-0.05, 0) is 20.3 Å². The van der Waals surface area contributed by atoms with Crippen molar-refractivity contribution in [2.45, 2.75) is 51.3 Å². The molecular formula is C13H17FN4O3. The highest BCUT2D eigenvalue weighted by Gasteiger charge is 2.54. The van der Waals surface area contributed by atoms with Gasteiger partial charge >= 0.3 is 0 Å². The van der Waals surface area contributed by atoms with Crippen LogP contribution < -0.4 is 5.56 Å². The topological polar surface area (TPSA) is 93.0 Å². The number of aliphatic hydroxyl groups is 1. The maximum atomic E-state index is 14.3. The molecule has 4 atom stereocenters. The lowest BCUT2D eigenvalue weighted by Crippen LogP contribution is -2.40. The second-order valence-corrected chi connectivity index (χ2v) is 5.54. The van der Waals surface area contributed by atoms with Gasteiger partial charge in [-0.25, -0.2) is 14.4 Å². The molecular weight excluding hydrogens is 279 g/mol. The molecule has 0 amide bonds. The number of aromatic nitrogens is 4. The van der Waals surface area contributed by atoms with Gasteiger partial charge in [-0.1, -0.05) is 6.92 Å². The Hall–Kier alpha value is -1.80. The number of imidazole rings is 1. The maximum Gasteiger partial charge on any atom is 0.279 e. The van der Waals surface area contributed by atoms with E-state index in [1.54, 1.807) is 13.8 Å². The Morgan fingerprint density at radius 2 is 2.33 bits per heavy atom. The van der Waals surface area contributed by atoms with Crippen molar-refractivity contribution in [3.63, 3.8) is 0 Å². The summed E-state index contributed by atoms with van der Waals surface area (Å²) in [6.45, 7) is 4.80. The Bertz CT molecular complexity index is 739. The van der Waals surface area contributed by atoms with Crippen molar-refractivity contribution in [2.24, 2.45) is 0 Å². The summed E-state index contributed by atoms with van der Waals surface area (Å²) in [6, 6.07) is 0. The molecule has 0 saturated carbocycles. The molecule has 2 N–H and O–H groups in total. The minimum atomic E-state index is -1.72. The lowest BCUT2D eigenvalue weighted by molar-refractivity contribution is -0.0858. The van der Waals surface area contributed by atoms with E-state index < -0.39 is 24.1 Å². The van der Waals surface area contributed by atoms with E-state index in [-0.39, 0.29) is 16.7 Å². The summed E-state index contributed by atoms with van der Waals surface area (Å²) in [5, 5.41) is 10.4. The highest BCUT2D eigenvalue weighted by Crippen LogP contribution is 2.41. The smallest absolute Gasteiger partial charge is 0.279 e. The highest BCUT2D eigenvalue weighted by atomic mass is 19.1. The lowest BCUT2D eigenvalue weighted by Gasteiger charge is -2.26. The zero-order valence-electron chi connectivity index (χ0n) is 12.0. The summed E-state index contributed by atoms with van der Waals surface area (Å²) in [6.07, 6.45) is -1.42. The molecule has 1 aliphatic heterocycles. The molecule has 0 unspecified atom stereocenters. The van der Waals surface area contributed by atoms with Crippen molar-refractivity contribution < 1.29 is 14.2 Å². The number of alkyl halides is 1. The van der Waals surface area contributed by atoms with Crippen LogP contribution in [0.1, 0.15) is 32.3 Å². The molecule has 21 heavy (non-hydrogen) atoms. The number of hydrogen-bond acceptors (Lipinski definition) is 5. The molecule has 1 aliphatic rings. The Labute approximate surface area is 119 Å². The number of rotatable bonds is 2. The van der Waals surface area contributed by atoms with E-state index in [0.29, 0.717) is 12.2 Å². The SMILES string of the molecule is CC[C@H]1O[C@@H](n2cnc3c(=O)[nH]c(C)nc32)[C@](C)(O)[C@@H]1F. The third kappa shape index (κ3) is 1.97. The average molecular weight is 296 g/mol. The van der Waals surface area contributed by atoms with Crippen LogP contribution in [0.25, 0.3) is 11.2 Å². The highest BCUT2D eigenvalue weighted by molar-refractivity contribution is 5.69. The second kappa shape index (κ2) is 4.60. The first-order valence-corrected chi connectivity index (χ1v) is 6.81. The summed E-state index contributed by atoms with van der Waals surface area (Å²) < 4.78 is 21.3. The van der Waals surface area contributed by atoms with Crippen LogP contribution in [0, 0.1) is 6.92 Å².